The molecule has 0 saturated carbocycles. The van der Waals surface area contributed by atoms with Crippen molar-refractivity contribution < 1.29 is 19.8 Å². The van der Waals surface area contributed by atoms with Gasteiger partial charge in [0, 0.05) is 12.1 Å². The van der Waals surface area contributed by atoms with Crippen molar-refractivity contribution in [2.45, 2.75) is 38.6 Å². The molecular formula is C9H20N2O4. The van der Waals surface area contributed by atoms with E-state index in [0.29, 0.717) is 6.54 Å². The van der Waals surface area contributed by atoms with Crippen LogP contribution in [0.3, 0.4) is 0 Å². The van der Waals surface area contributed by atoms with Gasteiger partial charge >= 0.3 is 11.9 Å². The molecule has 0 unspecified atom stereocenters. The second kappa shape index (κ2) is 8.19. The summed E-state index contributed by atoms with van der Waals surface area (Å²) in [7, 11) is 0. The second-order valence-electron chi connectivity index (χ2n) is 3.24. The topological polar surface area (TPSA) is 127 Å². The normalized spacial score (nSPS) is 10.1. The van der Waals surface area contributed by atoms with Crippen LogP contribution in [0, 0.1) is 0 Å². The minimum atomic E-state index is -1.31. The quantitative estimate of drug-likeness (QED) is 0.483. The highest BCUT2D eigenvalue weighted by molar-refractivity contribution is 5.88. The number of carboxylic acid groups (broad SMARTS) is 2. The predicted molar refractivity (Wildman–Crippen MR) is 56.4 cm³/mol. The Kier molecular flexibility index (Phi) is 8.90. The van der Waals surface area contributed by atoms with Crippen molar-refractivity contribution in [1.82, 2.24) is 0 Å². The van der Waals surface area contributed by atoms with Crippen LogP contribution in [0.4, 0.5) is 0 Å². The van der Waals surface area contributed by atoms with E-state index in [9.17, 15) is 9.59 Å². The molecule has 0 aliphatic rings. The predicted octanol–water partition coefficient (Wildman–Crippen LogP) is 0.00830. The summed E-state index contributed by atoms with van der Waals surface area (Å²) in [5.41, 5.74) is 11.1. The van der Waals surface area contributed by atoms with E-state index < -0.39 is 18.4 Å². The minimum absolute atomic E-state index is 0.0972. The molecule has 6 N–H and O–H groups in total. The average Bonchev–Trinajstić information content (AvgIpc) is 2.15. The molecule has 0 aliphatic heterocycles. The summed E-state index contributed by atoms with van der Waals surface area (Å²) in [6, 6.07) is 0. The smallest absolute Gasteiger partial charge is 0.314 e. The first kappa shape index (κ1) is 16.3. The molecule has 0 saturated heterocycles. The molecule has 0 aromatic heterocycles. The second-order valence-corrected chi connectivity index (χ2v) is 3.24. The van der Waals surface area contributed by atoms with Gasteiger partial charge in [0.25, 0.3) is 0 Å². The molecule has 0 heterocycles. The van der Waals surface area contributed by atoms with Gasteiger partial charge < -0.3 is 21.7 Å². The van der Waals surface area contributed by atoms with E-state index in [-0.39, 0.29) is 5.54 Å². The van der Waals surface area contributed by atoms with Gasteiger partial charge in [-0.15, -0.1) is 0 Å². The van der Waals surface area contributed by atoms with Gasteiger partial charge in [0.1, 0.15) is 6.42 Å². The lowest BCUT2D eigenvalue weighted by Crippen LogP contribution is -2.45. The summed E-state index contributed by atoms with van der Waals surface area (Å²) in [5, 5.41) is 15.4. The molecule has 0 bridgehead atoms. The van der Waals surface area contributed by atoms with Gasteiger partial charge in [-0.2, -0.15) is 0 Å². The molecule has 0 rings (SSSR count). The summed E-state index contributed by atoms with van der Waals surface area (Å²) in [6.07, 6.45) is 1.14. The Bertz CT molecular complexity index is 182. The van der Waals surface area contributed by atoms with Crippen LogP contribution in [0.1, 0.15) is 33.1 Å². The van der Waals surface area contributed by atoms with Crippen molar-refractivity contribution in [2.75, 3.05) is 6.54 Å². The number of carboxylic acids is 2. The van der Waals surface area contributed by atoms with Crippen molar-refractivity contribution >= 4 is 11.9 Å². The molecule has 15 heavy (non-hydrogen) atoms. The SMILES string of the molecule is CCC(N)(CC)CN.O=C(O)CC(=O)O. The van der Waals surface area contributed by atoms with Gasteiger partial charge in [-0.05, 0) is 12.8 Å². The summed E-state index contributed by atoms with van der Waals surface area (Å²) < 4.78 is 0. The van der Waals surface area contributed by atoms with E-state index in [1.165, 1.54) is 0 Å². The van der Waals surface area contributed by atoms with Crippen molar-refractivity contribution in [3.8, 4) is 0 Å². The maximum absolute atomic E-state index is 9.43. The largest absolute Gasteiger partial charge is 0.481 e. The maximum Gasteiger partial charge on any atom is 0.314 e. The van der Waals surface area contributed by atoms with Gasteiger partial charge in [0.2, 0.25) is 0 Å². The van der Waals surface area contributed by atoms with Crippen LogP contribution in [0.5, 0.6) is 0 Å². The van der Waals surface area contributed by atoms with E-state index in [0.717, 1.165) is 12.8 Å². The molecule has 0 radical (unpaired) electrons. The number of hydrogen-bond acceptors (Lipinski definition) is 4. The van der Waals surface area contributed by atoms with Crippen molar-refractivity contribution in [2.24, 2.45) is 11.5 Å². The highest BCUT2D eigenvalue weighted by Gasteiger charge is 2.16. The summed E-state index contributed by atoms with van der Waals surface area (Å²) >= 11 is 0. The van der Waals surface area contributed by atoms with Crippen molar-refractivity contribution in [1.29, 1.82) is 0 Å². The van der Waals surface area contributed by atoms with Crippen LogP contribution in [0.25, 0.3) is 0 Å². The Morgan fingerprint density at radius 3 is 1.47 bits per heavy atom. The molecular weight excluding hydrogens is 200 g/mol. The third-order valence-corrected chi connectivity index (χ3v) is 2.12. The molecule has 0 spiro atoms. The summed E-state index contributed by atoms with van der Waals surface area (Å²) in [4.78, 5) is 18.9. The lowest BCUT2D eigenvalue weighted by atomic mass is 9.95. The van der Waals surface area contributed by atoms with Crippen molar-refractivity contribution in [3.63, 3.8) is 0 Å². The van der Waals surface area contributed by atoms with Crippen LogP contribution < -0.4 is 11.5 Å². The van der Waals surface area contributed by atoms with Crippen LogP contribution in [-0.4, -0.2) is 34.2 Å². The highest BCUT2D eigenvalue weighted by atomic mass is 16.4. The Balaban J connectivity index is 0. The zero-order valence-corrected chi connectivity index (χ0v) is 9.19. The summed E-state index contributed by atoms with van der Waals surface area (Å²) in [6.45, 7) is 4.73. The van der Waals surface area contributed by atoms with Gasteiger partial charge in [0.05, 0.1) is 0 Å². The highest BCUT2D eigenvalue weighted by Crippen LogP contribution is 2.07. The minimum Gasteiger partial charge on any atom is -0.481 e. The van der Waals surface area contributed by atoms with Crippen LogP contribution in [0.15, 0.2) is 0 Å². The number of hydrogen-bond donors (Lipinski definition) is 4. The Hall–Kier alpha value is -1.14. The van der Waals surface area contributed by atoms with E-state index in [1.54, 1.807) is 0 Å². The fraction of sp³-hybridized carbons (Fsp3) is 0.778. The molecule has 0 aromatic carbocycles. The fourth-order valence-corrected chi connectivity index (χ4v) is 0.668. The third-order valence-electron chi connectivity index (χ3n) is 2.12. The van der Waals surface area contributed by atoms with Gasteiger partial charge in [-0.1, -0.05) is 13.8 Å². The van der Waals surface area contributed by atoms with Gasteiger partial charge in [0.15, 0.2) is 0 Å². The van der Waals surface area contributed by atoms with Crippen molar-refractivity contribution in [3.05, 3.63) is 0 Å². The van der Waals surface area contributed by atoms with Crippen LogP contribution in [-0.2, 0) is 9.59 Å². The first-order valence-electron chi connectivity index (χ1n) is 4.73. The molecule has 6 heteroatoms. The lowest BCUT2D eigenvalue weighted by molar-refractivity contribution is -0.147. The monoisotopic (exact) mass is 220 g/mol. The average molecular weight is 220 g/mol. The Morgan fingerprint density at radius 1 is 1.13 bits per heavy atom. The zero-order chi connectivity index (χ0) is 12.5. The lowest BCUT2D eigenvalue weighted by Gasteiger charge is -2.23. The Morgan fingerprint density at radius 2 is 1.47 bits per heavy atom. The molecule has 0 aliphatic carbocycles. The summed E-state index contributed by atoms with van der Waals surface area (Å²) in [5.74, 6) is -2.62. The van der Waals surface area contributed by atoms with Crippen LogP contribution >= 0.6 is 0 Å². The third kappa shape index (κ3) is 10.8. The number of rotatable bonds is 5. The van der Waals surface area contributed by atoms with E-state index >= 15 is 0 Å². The first-order valence-corrected chi connectivity index (χ1v) is 4.73. The number of nitrogens with two attached hydrogens (primary N) is 2. The van der Waals surface area contributed by atoms with Crippen LogP contribution in [0.2, 0.25) is 0 Å². The first-order chi connectivity index (χ1) is 6.81. The van der Waals surface area contributed by atoms with E-state index in [4.69, 9.17) is 21.7 Å². The molecule has 0 atom stereocenters. The zero-order valence-electron chi connectivity index (χ0n) is 9.19. The van der Waals surface area contributed by atoms with E-state index in [1.807, 2.05) is 0 Å². The van der Waals surface area contributed by atoms with Gasteiger partial charge in [-0.25, -0.2) is 0 Å². The molecule has 0 aromatic rings. The maximum atomic E-state index is 9.43. The van der Waals surface area contributed by atoms with Gasteiger partial charge in [-0.3, -0.25) is 9.59 Å². The standard InChI is InChI=1S/C6H16N2.C3H4O4/c1-3-6(8,4-2)5-7;4-2(5)1-3(6)7/h3-5,7-8H2,1-2H3;1H2,(H,4,5)(H,6,7). The molecule has 0 amide bonds. The molecule has 6 nitrogen and oxygen atoms in total. The number of aliphatic carboxylic acids is 2. The molecule has 90 valence electrons. The fourth-order valence-electron chi connectivity index (χ4n) is 0.668. The molecule has 0 fully saturated rings. The Labute approximate surface area is 89.3 Å². The number of carbonyl (C=O) groups is 2. The van der Waals surface area contributed by atoms with E-state index in [2.05, 4.69) is 13.8 Å².